The molecule has 5 aromatic rings. The Morgan fingerprint density at radius 2 is 1.74 bits per heavy atom. The molecule has 174 valence electrons. The minimum Gasteiger partial charge on any atom is -0.312 e. The van der Waals surface area contributed by atoms with Crippen LogP contribution in [0.2, 0.25) is 0 Å². The topological polar surface area (TPSA) is 60.9 Å². The quantitative estimate of drug-likeness (QED) is 0.237. The molecule has 0 saturated heterocycles. The SMILES string of the molecule is CCSc1nn2c(-c3cc(F)cc(F)c3)ccnc2c1-c1nc2cc(C(F)(F)F)cnc2n1C. The van der Waals surface area contributed by atoms with Crippen LogP contribution >= 0.6 is 11.8 Å². The molecule has 0 saturated carbocycles. The zero-order valence-electron chi connectivity index (χ0n) is 17.7. The molecule has 0 radical (unpaired) electrons. The van der Waals surface area contributed by atoms with E-state index in [2.05, 4.69) is 20.1 Å². The molecular formula is C22H15F5N6S. The molecular weight excluding hydrogens is 475 g/mol. The van der Waals surface area contributed by atoms with Crippen molar-refractivity contribution in [3.8, 4) is 22.6 Å². The molecule has 4 heterocycles. The molecule has 5 rings (SSSR count). The Balaban J connectivity index is 1.78. The Kier molecular flexibility index (Phi) is 5.27. The molecule has 0 aliphatic carbocycles. The van der Waals surface area contributed by atoms with E-state index in [-0.39, 0.29) is 16.7 Å². The molecule has 0 aliphatic heterocycles. The summed E-state index contributed by atoms with van der Waals surface area (Å²) in [5, 5.41) is 5.12. The van der Waals surface area contributed by atoms with Crippen LogP contribution in [0.5, 0.6) is 0 Å². The van der Waals surface area contributed by atoms with Crippen LogP contribution in [0.25, 0.3) is 39.5 Å². The molecule has 0 bridgehead atoms. The van der Waals surface area contributed by atoms with Crippen molar-refractivity contribution in [1.82, 2.24) is 29.1 Å². The number of hydrogen-bond donors (Lipinski definition) is 0. The lowest BCUT2D eigenvalue weighted by Gasteiger charge is -2.06. The Morgan fingerprint density at radius 1 is 1.00 bits per heavy atom. The maximum Gasteiger partial charge on any atom is 0.417 e. The van der Waals surface area contributed by atoms with Gasteiger partial charge in [0.25, 0.3) is 0 Å². The van der Waals surface area contributed by atoms with Crippen molar-refractivity contribution < 1.29 is 22.0 Å². The normalized spacial score (nSPS) is 12.2. The second kappa shape index (κ2) is 8.05. The highest BCUT2D eigenvalue weighted by Gasteiger charge is 2.32. The average Bonchev–Trinajstić information content (AvgIpc) is 3.29. The number of aromatic nitrogens is 6. The van der Waals surface area contributed by atoms with Gasteiger partial charge in [-0.1, -0.05) is 6.92 Å². The van der Waals surface area contributed by atoms with Crippen LogP contribution in [0.15, 0.2) is 47.8 Å². The Labute approximate surface area is 193 Å². The number of hydrogen-bond acceptors (Lipinski definition) is 5. The number of fused-ring (bicyclic) bond motifs is 2. The molecule has 12 heteroatoms. The number of benzene rings is 1. The highest BCUT2D eigenvalue weighted by atomic mass is 32.2. The highest BCUT2D eigenvalue weighted by molar-refractivity contribution is 7.99. The minimum absolute atomic E-state index is 0.0717. The number of halogens is 5. The van der Waals surface area contributed by atoms with Gasteiger partial charge in [-0.2, -0.15) is 18.3 Å². The van der Waals surface area contributed by atoms with Crippen LogP contribution in [-0.4, -0.2) is 34.9 Å². The monoisotopic (exact) mass is 490 g/mol. The second-order valence-corrected chi connectivity index (χ2v) is 8.65. The minimum atomic E-state index is -4.55. The first-order chi connectivity index (χ1) is 16.2. The third-order valence-corrected chi connectivity index (χ3v) is 6.03. The molecule has 1 aromatic carbocycles. The van der Waals surface area contributed by atoms with Gasteiger partial charge in [-0.05, 0) is 30.0 Å². The molecule has 0 unspecified atom stereocenters. The van der Waals surface area contributed by atoms with E-state index in [1.807, 2.05) is 6.92 Å². The predicted octanol–water partition coefficient (Wildman–Crippen LogP) is 5.75. The van der Waals surface area contributed by atoms with E-state index in [9.17, 15) is 22.0 Å². The molecule has 4 aromatic heterocycles. The van der Waals surface area contributed by atoms with Crippen molar-refractivity contribution in [2.75, 3.05) is 5.75 Å². The Bertz CT molecular complexity index is 1540. The van der Waals surface area contributed by atoms with Crippen LogP contribution in [0.1, 0.15) is 12.5 Å². The van der Waals surface area contributed by atoms with Gasteiger partial charge in [-0.25, -0.2) is 28.2 Å². The number of aryl methyl sites for hydroxylation is 1. The Hall–Kier alpha value is -3.54. The van der Waals surface area contributed by atoms with Gasteiger partial charge in [0, 0.05) is 31.1 Å². The average molecular weight is 490 g/mol. The largest absolute Gasteiger partial charge is 0.417 e. The number of pyridine rings is 1. The van der Waals surface area contributed by atoms with Gasteiger partial charge in [-0.15, -0.1) is 11.8 Å². The lowest BCUT2D eigenvalue weighted by molar-refractivity contribution is -0.137. The van der Waals surface area contributed by atoms with Crippen LogP contribution in [0.3, 0.4) is 0 Å². The van der Waals surface area contributed by atoms with E-state index >= 15 is 0 Å². The first-order valence-electron chi connectivity index (χ1n) is 10.0. The molecule has 0 fully saturated rings. The zero-order chi connectivity index (χ0) is 24.2. The maximum absolute atomic E-state index is 13.9. The first-order valence-corrected chi connectivity index (χ1v) is 11.0. The molecule has 0 spiro atoms. The third kappa shape index (κ3) is 3.67. The summed E-state index contributed by atoms with van der Waals surface area (Å²) in [4.78, 5) is 12.8. The van der Waals surface area contributed by atoms with Gasteiger partial charge >= 0.3 is 6.18 Å². The van der Waals surface area contributed by atoms with Gasteiger partial charge < -0.3 is 4.57 Å². The summed E-state index contributed by atoms with van der Waals surface area (Å²) < 4.78 is 70.3. The Morgan fingerprint density at radius 3 is 2.41 bits per heavy atom. The molecule has 0 N–H and O–H groups in total. The predicted molar refractivity (Wildman–Crippen MR) is 117 cm³/mol. The summed E-state index contributed by atoms with van der Waals surface area (Å²) in [5.41, 5.74) is 0.909. The van der Waals surface area contributed by atoms with Gasteiger partial charge in [0.15, 0.2) is 11.3 Å². The van der Waals surface area contributed by atoms with Gasteiger partial charge in [0.1, 0.15) is 28.0 Å². The number of nitrogens with zero attached hydrogens (tertiary/aromatic N) is 6. The lowest BCUT2D eigenvalue weighted by atomic mass is 10.1. The summed E-state index contributed by atoms with van der Waals surface area (Å²) in [5.74, 6) is -0.515. The number of imidazole rings is 1. The zero-order valence-corrected chi connectivity index (χ0v) is 18.5. The molecule has 0 aliphatic rings. The lowest BCUT2D eigenvalue weighted by Crippen LogP contribution is -2.05. The first kappa shape index (κ1) is 22.3. The fourth-order valence-corrected chi connectivity index (χ4v) is 4.47. The van der Waals surface area contributed by atoms with Crippen LogP contribution < -0.4 is 0 Å². The van der Waals surface area contributed by atoms with Crippen molar-refractivity contribution in [3.05, 3.63) is 59.9 Å². The smallest absolute Gasteiger partial charge is 0.312 e. The van der Waals surface area contributed by atoms with E-state index in [0.717, 1.165) is 18.3 Å². The summed E-state index contributed by atoms with van der Waals surface area (Å²) >= 11 is 1.38. The van der Waals surface area contributed by atoms with E-state index in [1.54, 1.807) is 17.7 Å². The van der Waals surface area contributed by atoms with E-state index in [0.29, 0.717) is 33.5 Å². The second-order valence-electron chi connectivity index (χ2n) is 7.40. The van der Waals surface area contributed by atoms with Crippen molar-refractivity contribution >= 4 is 28.6 Å². The van der Waals surface area contributed by atoms with Crippen molar-refractivity contribution in [2.45, 2.75) is 18.1 Å². The fourth-order valence-electron chi connectivity index (χ4n) is 3.73. The number of thioether (sulfide) groups is 1. The van der Waals surface area contributed by atoms with Crippen molar-refractivity contribution in [3.63, 3.8) is 0 Å². The number of alkyl halides is 3. The number of rotatable bonds is 4. The fraction of sp³-hybridized carbons (Fsp3) is 0.182. The molecule has 34 heavy (non-hydrogen) atoms. The third-order valence-electron chi connectivity index (χ3n) is 5.19. The molecule has 0 amide bonds. The summed E-state index contributed by atoms with van der Waals surface area (Å²) in [6.45, 7) is 1.92. The van der Waals surface area contributed by atoms with E-state index in [4.69, 9.17) is 0 Å². The maximum atomic E-state index is 13.9. The van der Waals surface area contributed by atoms with Crippen molar-refractivity contribution in [1.29, 1.82) is 0 Å². The molecule has 0 atom stereocenters. The van der Waals surface area contributed by atoms with Crippen LogP contribution in [0.4, 0.5) is 22.0 Å². The van der Waals surface area contributed by atoms with Crippen molar-refractivity contribution in [2.24, 2.45) is 7.05 Å². The summed E-state index contributed by atoms with van der Waals surface area (Å²) in [6.07, 6.45) is -2.31. The van der Waals surface area contributed by atoms with Gasteiger partial charge in [-0.3, -0.25) is 0 Å². The van der Waals surface area contributed by atoms with E-state index in [1.165, 1.54) is 34.6 Å². The van der Waals surface area contributed by atoms with Gasteiger partial charge in [0.05, 0.1) is 16.8 Å². The summed E-state index contributed by atoms with van der Waals surface area (Å²) in [6, 6.07) is 5.66. The van der Waals surface area contributed by atoms with Gasteiger partial charge in [0.2, 0.25) is 0 Å². The van der Waals surface area contributed by atoms with Crippen LogP contribution in [-0.2, 0) is 13.2 Å². The van der Waals surface area contributed by atoms with Crippen LogP contribution in [0, 0.1) is 11.6 Å². The van der Waals surface area contributed by atoms with E-state index < -0.39 is 23.4 Å². The molecule has 6 nitrogen and oxygen atoms in total. The highest BCUT2D eigenvalue weighted by Crippen LogP contribution is 2.37. The standard InChI is InChI=1S/C22H15F5N6S/c1-3-34-21-17(20-30-15-8-12(22(25,26)27)10-29-18(15)32(20)2)19-28-5-4-16(33(19)31-21)11-6-13(23)9-14(24)7-11/h4-10H,3H2,1-2H3. The summed E-state index contributed by atoms with van der Waals surface area (Å²) in [7, 11) is 1.64.